The highest BCUT2D eigenvalue weighted by atomic mass is 16.6. The molecule has 0 bridgehead atoms. The first-order valence-corrected chi connectivity index (χ1v) is 9.82. The highest BCUT2D eigenvalue weighted by molar-refractivity contribution is 5.85. The van der Waals surface area contributed by atoms with Gasteiger partial charge in [-0.1, -0.05) is 48.5 Å². The first kappa shape index (κ1) is 21.4. The van der Waals surface area contributed by atoms with Crippen molar-refractivity contribution >= 4 is 18.0 Å². The van der Waals surface area contributed by atoms with Crippen molar-refractivity contribution in [1.82, 2.24) is 10.6 Å². The summed E-state index contributed by atoms with van der Waals surface area (Å²) in [6.45, 7) is 4.84. The van der Waals surface area contributed by atoms with E-state index in [0.717, 1.165) is 22.3 Å². The van der Waals surface area contributed by atoms with E-state index in [-0.39, 0.29) is 25.6 Å². The third-order valence-corrected chi connectivity index (χ3v) is 4.59. The Morgan fingerprint density at radius 3 is 2.00 bits per heavy atom. The van der Waals surface area contributed by atoms with Crippen molar-refractivity contribution < 1.29 is 23.9 Å². The van der Waals surface area contributed by atoms with Crippen molar-refractivity contribution in [2.75, 3.05) is 19.7 Å². The van der Waals surface area contributed by atoms with Gasteiger partial charge in [-0.05, 0) is 43.0 Å². The molecule has 1 aliphatic carbocycles. The van der Waals surface area contributed by atoms with E-state index in [1.807, 2.05) is 36.4 Å². The van der Waals surface area contributed by atoms with Gasteiger partial charge in [0.2, 0.25) is 5.91 Å². The summed E-state index contributed by atoms with van der Waals surface area (Å²) >= 11 is 0. The van der Waals surface area contributed by atoms with Crippen LogP contribution in [-0.4, -0.2) is 43.3 Å². The van der Waals surface area contributed by atoms with Gasteiger partial charge in [-0.3, -0.25) is 9.59 Å². The number of fused-ring (bicyclic) bond motifs is 3. The SMILES string of the molecule is CC(C)(C)OC(=O)CNC(=O)CNC(=O)OCC1c2ccccc2-c2ccccc21. The molecule has 0 aliphatic heterocycles. The summed E-state index contributed by atoms with van der Waals surface area (Å²) in [6, 6.07) is 16.1. The molecular formula is C23H26N2O5. The van der Waals surface area contributed by atoms with Gasteiger partial charge in [0.1, 0.15) is 25.3 Å². The fraction of sp³-hybridized carbons (Fsp3) is 0.348. The summed E-state index contributed by atoms with van der Waals surface area (Å²) in [5.41, 5.74) is 3.89. The number of carbonyl (C=O) groups excluding carboxylic acids is 3. The van der Waals surface area contributed by atoms with Gasteiger partial charge in [-0.2, -0.15) is 0 Å². The number of alkyl carbamates (subject to hydrolysis) is 1. The van der Waals surface area contributed by atoms with Crippen LogP contribution in [0.4, 0.5) is 4.79 Å². The lowest BCUT2D eigenvalue weighted by atomic mass is 9.98. The molecule has 0 fully saturated rings. The van der Waals surface area contributed by atoms with Gasteiger partial charge >= 0.3 is 12.1 Å². The molecule has 2 aromatic rings. The standard InChI is InChI=1S/C23H26N2O5/c1-23(2,3)30-21(27)13-24-20(26)12-25-22(28)29-14-19-17-10-6-4-8-15(17)16-9-5-7-11-18(16)19/h4-11,19H,12-14H2,1-3H3,(H,24,26)(H,25,28). The molecule has 158 valence electrons. The second kappa shape index (κ2) is 8.98. The molecule has 2 N–H and O–H groups in total. The Kier molecular flexibility index (Phi) is 6.40. The Hall–Kier alpha value is -3.35. The van der Waals surface area contributed by atoms with E-state index in [4.69, 9.17) is 9.47 Å². The summed E-state index contributed by atoms with van der Waals surface area (Å²) < 4.78 is 10.5. The van der Waals surface area contributed by atoms with Crippen molar-refractivity contribution in [3.8, 4) is 11.1 Å². The van der Waals surface area contributed by atoms with Crippen molar-refractivity contribution in [3.05, 3.63) is 59.7 Å². The van der Waals surface area contributed by atoms with Crippen LogP contribution < -0.4 is 10.6 Å². The Morgan fingerprint density at radius 2 is 1.43 bits per heavy atom. The highest BCUT2D eigenvalue weighted by Gasteiger charge is 2.29. The molecular weight excluding hydrogens is 384 g/mol. The van der Waals surface area contributed by atoms with E-state index < -0.39 is 23.6 Å². The Balaban J connectivity index is 1.46. The van der Waals surface area contributed by atoms with Crippen molar-refractivity contribution in [1.29, 1.82) is 0 Å². The van der Waals surface area contributed by atoms with Crippen molar-refractivity contribution in [2.45, 2.75) is 32.3 Å². The molecule has 0 aromatic heterocycles. The highest BCUT2D eigenvalue weighted by Crippen LogP contribution is 2.44. The zero-order valence-corrected chi connectivity index (χ0v) is 17.4. The summed E-state index contributed by atoms with van der Waals surface area (Å²) in [5.74, 6) is -1.10. The minimum atomic E-state index is -0.690. The number of amides is 2. The van der Waals surface area contributed by atoms with Crippen LogP contribution in [0.15, 0.2) is 48.5 Å². The molecule has 0 saturated heterocycles. The van der Waals surface area contributed by atoms with Crippen molar-refractivity contribution in [2.24, 2.45) is 0 Å². The predicted octanol–water partition coefficient (Wildman–Crippen LogP) is 2.98. The second-order valence-corrected chi connectivity index (χ2v) is 8.04. The summed E-state index contributed by atoms with van der Waals surface area (Å²) in [6.07, 6.45) is -0.690. The number of benzene rings is 2. The topological polar surface area (TPSA) is 93.7 Å². The number of ether oxygens (including phenoxy) is 2. The van der Waals surface area contributed by atoms with Gasteiger partial charge in [-0.25, -0.2) is 4.79 Å². The molecule has 7 heteroatoms. The lowest BCUT2D eigenvalue weighted by molar-refractivity contribution is -0.154. The van der Waals surface area contributed by atoms with E-state index in [1.165, 1.54) is 0 Å². The molecule has 2 amide bonds. The number of hydrogen-bond acceptors (Lipinski definition) is 5. The monoisotopic (exact) mass is 410 g/mol. The van der Waals surface area contributed by atoms with Crippen LogP contribution in [0.3, 0.4) is 0 Å². The van der Waals surface area contributed by atoms with Crippen LogP contribution in [0, 0.1) is 0 Å². The smallest absolute Gasteiger partial charge is 0.407 e. The van der Waals surface area contributed by atoms with Crippen molar-refractivity contribution in [3.63, 3.8) is 0 Å². The number of nitrogens with one attached hydrogen (secondary N) is 2. The molecule has 1 aliphatic rings. The molecule has 0 heterocycles. The lowest BCUT2D eigenvalue weighted by Crippen LogP contribution is -2.40. The fourth-order valence-corrected chi connectivity index (χ4v) is 3.41. The van der Waals surface area contributed by atoms with E-state index >= 15 is 0 Å². The Morgan fingerprint density at radius 1 is 0.867 bits per heavy atom. The molecule has 0 spiro atoms. The quantitative estimate of drug-likeness (QED) is 0.714. The molecule has 0 atom stereocenters. The molecule has 3 rings (SSSR count). The minimum absolute atomic E-state index is 0.0517. The van der Waals surface area contributed by atoms with Crippen LogP contribution in [0.5, 0.6) is 0 Å². The minimum Gasteiger partial charge on any atom is -0.459 e. The van der Waals surface area contributed by atoms with Gasteiger partial charge < -0.3 is 20.1 Å². The van der Waals surface area contributed by atoms with Crippen LogP contribution in [0.2, 0.25) is 0 Å². The van der Waals surface area contributed by atoms with Gasteiger partial charge in [0.25, 0.3) is 0 Å². The van der Waals surface area contributed by atoms with Crippen LogP contribution >= 0.6 is 0 Å². The van der Waals surface area contributed by atoms with Crippen LogP contribution in [-0.2, 0) is 19.1 Å². The van der Waals surface area contributed by atoms with Gasteiger partial charge in [0, 0.05) is 5.92 Å². The Bertz CT molecular complexity index is 903. The van der Waals surface area contributed by atoms with Gasteiger partial charge in [0.05, 0.1) is 0 Å². The third-order valence-electron chi connectivity index (χ3n) is 4.59. The second-order valence-electron chi connectivity index (χ2n) is 8.04. The summed E-state index contributed by atoms with van der Waals surface area (Å²) in [7, 11) is 0. The van der Waals surface area contributed by atoms with E-state index in [9.17, 15) is 14.4 Å². The van der Waals surface area contributed by atoms with Gasteiger partial charge in [-0.15, -0.1) is 0 Å². The largest absolute Gasteiger partial charge is 0.459 e. The number of hydrogen-bond donors (Lipinski definition) is 2. The molecule has 7 nitrogen and oxygen atoms in total. The maximum atomic E-state index is 12.0. The van der Waals surface area contributed by atoms with E-state index in [1.54, 1.807) is 20.8 Å². The maximum Gasteiger partial charge on any atom is 0.407 e. The lowest BCUT2D eigenvalue weighted by Gasteiger charge is -2.19. The Labute approximate surface area is 175 Å². The predicted molar refractivity (Wildman–Crippen MR) is 112 cm³/mol. The number of carbonyl (C=O) groups is 3. The zero-order chi connectivity index (χ0) is 21.7. The third kappa shape index (κ3) is 5.37. The van der Waals surface area contributed by atoms with Gasteiger partial charge in [0.15, 0.2) is 0 Å². The number of esters is 1. The van der Waals surface area contributed by atoms with Crippen LogP contribution in [0.25, 0.3) is 11.1 Å². The molecule has 30 heavy (non-hydrogen) atoms. The normalized spacial score (nSPS) is 12.5. The van der Waals surface area contributed by atoms with E-state index in [2.05, 4.69) is 22.8 Å². The summed E-state index contributed by atoms with van der Waals surface area (Å²) in [4.78, 5) is 35.5. The molecule has 0 unspecified atom stereocenters. The molecule has 2 aromatic carbocycles. The first-order valence-electron chi connectivity index (χ1n) is 9.82. The van der Waals surface area contributed by atoms with E-state index in [0.29, 0.717) is 0 Å². The zero-order valence-electron chi connectivity index (χ0n) is 17.4. The maximum absolute atomic E-state index is 12.0. The molecule has 0 radical (unpaired) electrons. The molecule has 0 saturated carbocycles. The van der Waals surface area contributed by atoms with Crippen LogP contribution in [0.1, 0.15) is 37.8 Å². The average Bonchev–Trinajstić information content (AvgIpc) is 3.02. The summed E-state index contributed by atoms with van der Waals surface area (Å²) in [5, 5.41) is 4.80. The number of rotatable bonds is 6. The average molecular weight is 410 g/mol. The fourth-order valence-electron chi connectivity index (χ4n) is 3.41. The first-order chi connectivity index (χ1) is 14.2.